The molecule has 0 bridgehead atoms. The molecular formula is C14H15F2N5OS. The molecule has 2 aromatic rings. The molecule has 1 fully saturated rings. The standard InChI is InChI=1S/C14H15F2N5OS/c15-11(16)12-19-20-13(23-12)18-14(22)21-7-6-10(8-21)17-9-4-2-1-3-5-9/h1-5,10-11,17H,6-8H2,(H,18,20,22). The highest BCUT2D eigenvalue weighted by Gasteiger charge is 2.27. The highest BCUT2D eigenvalue weighted by molar-refractivity contribution is 7.15. The molecule has 2 N–H and O–H groups in total. The van der Waals surface area contributed by atoms with Gasteiger partial charge in [-0.3, -0.25) is 5.32 Å². The number of likely N-dealkylation sites (tertiary alicyclic amines) is 1. The number of alkyl halides is 2. The predicted molar refractivity (Wildman–Crippen MR) is 83.9 cm³/mol. The van der Waals surface area contributed by atoms with E-state index in [-0.39, 0.29) is 17.2 Å². The third-order valence-corrected chi connectivity index (χ3v) is 4.31. The van der Waals surface area contributed by atoms with Gasteiger partial charge < -0.3 is 10.2 Å². The van der Waals surface area contributed by atoms with Crippen LogP contribution in [0.2, 0.25) is 0 Å². The van der Waals surface area contributed by atoms with Crippen LogP contribution < -0.4 is 10.6 Å². The number of carbonyl (C=O) groups is 1. The van der Waals surface area contributed by atoms with Crippen molar-refractivity contribution in [3.63, 3.8) is 0 Å². The molecule has 1 aliphatic heterocycles. The lowest BCUT2D eigenvalue weighted by molar-refractivity contribution is 0.150. The monoisotopic (exact) mass is 339 g/mol. The molecular weight excluding hydrogens is 324 g/mol. The molecule has 1 aromatic carbocycles. The Bertz CT molecular complexity index is 666. The molecule has 1 atom stereocenters. The van der Waals surface area contributed by atoms with E-state index in [1.54, 1.807) is 4.90 Å². The molecule has 1 aliphatic rings. The molecule has 2 amide bonds. The summed E-state index contributed by atoms with van der Waals surface area (Å²) < 4.78 is 24.9. The lowest BCUT2D eigenvalue weighted by atomic mass is 10.2. The van der Waals surface area contributed by atoms with Crippen molar-refractivity contribution in [2.45, 2.75) is 18.9 Å². The molecule has 0 spiro atoms. The first-order valence-electron chi connectivity index (χ1n) is 7.11. The molecule has 2 heterocycles. The Hall–Kier alpha value is -2.29. The van der Waals surface area contributed by atoms with E-state index in [1.165, 1.54) is 0 Å². The van der Waals surface area contributed by atoms with Crippen molar-refractivity contribution in [1.29, 1.82) is 0 Å². The van der Waals surface area contributed by atoms with Crippen LogP contribution in [-0.4, -0.2) is 40.3 Å². The summed E-state index contributed by atoms with van der Waals surface area (Å²) in [5, 5.41) is 12.5. The molecule has 6 nitrogen and oxygen atoms in total. The topological polar surface area (TPSA) is 70.2 Å². The maximum absolute atomic E-state index is 12.5. The zero-order valence-corrected chi connectivity index (χ0v) is 12.9. The summed E-state index contributed by atoms with van der Waals surface area (Å²) in [6, 6.07) is 9.57. The van der Waals surface area contributed by atoms with Crippen LogP contribution in [0, 0.1) is 0 Å². The van der Waals surface area contributed by atoms with E-state index < -0.39 is 11.4 Å². The van der Waals surface area contributed by atoms with Gasteiger partial charge in [0.1, 0.15) is 0 Å². The Morgan fingerprint density at radius 3 is 2.78 bits per heavy atom. The van der Waals surface area contributed by atoms with E-state index in [2.05, 4.69) is 20.8 Å². The van der Waals surface area contributed by atoms with Gasteiger partial charge in [0.05, 0.1) is 0 Å². The van der Waals surface area contributed by atoms with Crippen LogP contribution in [-0.2, 0) is 0 Å². The Labute approximate surface area is 135 Å². The van der Waals surface area contributed by atoms with Crippen LogP contribution in [0.25, 0.3) is 0 Å². The number of nitrogens with zero attached hydrogens (tertiary/aromatic N) is 3. The summed E-state index contributed by atoms with van der Waals surface area (Å²) in [6.45, 7) is 1.14. The van der Waals surface area contributed by atoms with Gasteiger partial charge in [0.15, 0.2) is 5.01 Å². The first-order chi connectivity index (χ1) is 11.1. The average molecular weight is 339 g/mol. The van der Waals surface area contributed by atoms with Gasteiger partial charge in [-0.15, -0.1) is 10.2 Å². The SMILES string of the molecule is O=C(Nc1nnc(C(F)F)s1)N1CCC(Nc2ccccc2)C1. The number of urea groups is 1. The van der Waals surface area contributed by atoms with Gasteiger partial charge in [-0.05, 0) is 18.6 Å². The number of para-hydroxylation sites is 1. The number of hydrogen-bond acceptors (Lipinski definition) is 5. The van der Waals surface area contributed by atoms with Gasteiger partial charge in [-0.1, -0.05) is 29.5 Å². The van der Waals surface area contributed by atoms with Crippen LogP contribution in [0.15, 0.2) is 30.3 Å². The van der Waals surface area contributed by atoms with Crippen LogP contribution >= 0.6 is 11.3 Å². The fourth-order valence-electron chi connectivity index (χ4n) is 2.38. The zero-order valence-electron chi connectivity index (χ0n) is 12.1. The molecule has 0 aliphatic carbocycles. The fourth-order valence-corrected chi connectivity index (χ4v) is 2.97. The Morgan fingerprint density at radius 1 is 1.30 bits per heavy atom. The minimum Gasteiger partial charge on any atom is -0.380 e. The number of halogens is 2. The van der Waals surface area contributed by atoms with Crippen LogP contribution in [0.4, 0.5) is 24.4 Å². The molecule has 1 aromatic heterocycles. The summed E-state index contributed by atoms with van der Waals surface area (Å²) >= 11 is 0.685. The van der Waals surface area contributed by atoms with Gasteiger partial charge in [0.25, 0.3) is 6.43 Å². The smallest absolute Gasteiger partial charge is 0.323 e. The van der Waals surface area contributed by atoms with Gasteiger partial charge >= 0.3 is 6.03 Å². The zero-order chi connectivity index (χ0) is 16.2. The second-order valence-electron chi connectivity index (χ2n) is 5.12. The molecule has 9 heteroatoms. The summed E-state index contributed by atoms with van der Waals surface area (Å²) in [4.78, 5) is 13.8. The molecule has 3 rings (SSSR count). The number of aromatic nitrogens is 2. The van der Waals surface area contributed by atoms with Gasteiger partial charge in [0.2, 0.25) is 5.13 Å². The van der Waals surface area contributed by atoms with E-state index in [4.69, 9.17) is 0 Å². The van der Waals surface area contributed by atoms with E-state index in [0.717, 1.165) is 12.1 Å². The number of rotatable bonds is 4. The van der Waals surface area contributed by atoms with Crippen LogP contribution in [0.5, 0.6) is 0 Å². The highest BCUT2D eigenvalue weighted by Crippen LogP contribution is 2.25. The quantitative estimate of drug-likeness (QED) is 0.897. The third kappa shape index (κ3) is 3.92. The molecule has 1 saturated heterocycles. The number of benzene rings is 1. The van der Waals surface area contributed by atoms with Gasteiger partial charge in [-0.25, -0.2) is 13.6 Å². The number of hydrogen-bond donors (Lipinski definition) is 2. The maximum atomic E-state index is 12.5. The first-order valence-corrected chi connectivity index (χ1v) is 7.92. The summed E-state index contributed by atoms with van der Waals surface area (Å²) in [5.74, 6) is 0. The first kappa shape index (κ1) is 15.6. The minimum absolute atomic E-state index is 0.0877. The van der Waals surface area contributed by atoms with E-state index in [9.17, 15) is 13.6 Å². The van der Waals surface area contributed by atoms with E-state index in [0.29, 0.717) is 24.4 Å². The molecule has 23 heavy (non-hydrogen) atoms. The van der Waals surface area contributed by atoms with Gasteiger partial charge in [0, 0.05) is 24.8 Å². The Balaban J connectivity index is 1.52. The van der Waals surface area contributed by atoms with Crippen molar-refractivity contribution in [2.24, 2.45) is 0 Å². The van der Waals surface area contributed by atoms with Crippen molar-refractivity contribution in [1.82, 2.24) is 15.1 Å². The van der Waals surface area contributed by atoms with Crippen molar-refractivity contribution in [2.75, 3.05) is 23.7 Å². The Morgan fingerprint density at radius 2 is 2.09 bits per heavy atom. The molecule has 0 radical (unpaired) electrons. The highest BCUT2D eigenvalue weighted by atomic mass is 32.1. The summed E-state index contributed by atoms with van der Waals surface area (Å²) in [6.07, 6.45) is -1.86. The molecule has 122 valence electrons. The largest absolute Gasteiger partial charge is 0.380 e. The third-order valence-electron chi connectivity index (χ3n) is 3.46. The van der Waals surface area contributed by atoms with Crippen molar-refractivity contribution in [3.8, 4) is 0 Å². The normalized spacial score (nSPS) is 17.5. The fraction of sp³-hybridized carbons (Fsp3) is 0.357. The van der Waals surface area contributed by atoms with Crippen molar-refractivity contribution in [3.05, 3.63) is 35.3 Å². The minimum atomic E-state index is -2.68. The van der Waals surface area contributed by atoms with Gasteiger partial charge in [-0.2, -0.15) is 0 Å². The molecule has 0 saturated carbocycles. The lowest BCUT2D eigenvalue weighted by Gasteiger charge is -2.17. The van der Waals surface area contributed by atoms with Crippen molar-refractivity contribution < 1.29 is 13.6 Å². The Kier molecular flexibility index (Phi) is 4.65. The second kappa shape index (κ2) is 6.86. The van der Waals surface area contributed by atoms with E-state index >= 15 is 0 Å². The lowest BCUT2D eigenvalue weighted by Crippen LogP contribution is -2.34. The number of carbonyl (C=O) groups excluding carboxylic acids is 1. The number of anilines is 2. The summed E-state index contributed by atoms with van der Waals surface area (Å²) in [7, 11) is 0. The molecule has 1 unspecified atom stereocenters. The average Bonchev–Trinajstić information content (AvgIpc) is 3.18. The number of nitrogens with one attached hydrogen (secondary N) is 2. The van der Waals surface area contributed by atoms with Crippen LogP contribution in [0.3, 0.4) is 0 Å². The van der Waals surface area contributed by atoms with E-state index in [1.807, 2.05) is 30.3 Å². The second-order valence-corrected chi connectivity index (χ2v) is 6.13. The van der Waals surface area contributed by atoms with Crippen molar-refractivity contribution >= 4 is 28.2 Å². The van der Waals surface area contributed by atoms with Crippen LogP contribution in [0.1, 0.15) is 17.9 Å². The number of amides is 2. The summed E-state index contributed by atoms with van der Waals surface area (Å²) in [5.41, 5.74) is 1.01. The maximum Gasteiger partial charge on any atom is 0.323 e. The predicted octanol–water partition coefficient (Wildman–Crippen LogP) is 3.19.